The number of halogens is 1. The molecule has 4 aromatic rings. The Balaban J connectivity index is 2.07. The Morgan fingerprint density at radius 2 is 1.82 bits per heavy atom. The number of aromatic nitrogens is 1. The van der Waals surface area contributed by atoms with Gasteiger partial charge in [-0.1, -0.05) is 18.2 Å². The summed E-state index contributed by atoms with van der Waals surface area (Å²) in [5, 5.41) is 2.06. The summed E-state index contributed by atoms with van der Waals surface area (Å²) in [6, 6.07) is 15.8. The van der Waals surface area contributed by atoms with Gasteiger partial charge < -0.3 is 9.15 Å². The number of fused-ring (bicyclic) bond motifs is 2. The SMILES string of the molecule is COc1ccc(-c2oc3ccccc3c2Br)c2cccnc12. The molecule has 4 rings (SSSR count). The van der Waals surface area contributed by atoms with Crippen LogP contribution in [0.15, 0.2) is 63.6 Å². The summed E-state index contributed by atoms with van der Waals surface area (Å²) < 4.78 is 12.4. The lowest BCUT2D eigenvalue weighted by Gasteiger charge is -2.08. The van der Waals surface area contributed by atoms with E-state index >= 15 is 0 Å². The van der Waals surface area contributed by atoms with Crippen LogP contribution in [0, 0.1) is 0 Å². The van der Waals surface area contributed by atoms with Crippen LogP contribution >= 0.6 is 15.9 Å². The topological polar surface area (TPSA) is 35.3 Å². The van der Waals surface area contributed by atoms with Crippen molar-refractivity contribution in [3.8, 4) is 17.1 Å². The van der Waals surface area contributed by atoms with Crippen molar-refractivity contribution in [2.45, 2.75) is 0 Å². The van der Waals surface area contributed by atoms with Gasteiger partial charge in [-0.2, -0.15) is 0 Å². The van der Waals surface area contributed by atoms with Gasteiger partial charge in [-0.15, -0.1) is 0 Å². The first kappa shape index (κ1) is 13.3. The summed E-state index contributed by atoms with van der Waals surface area (Å²) in [5.41, 5.74) is 2.68. The van der Waals surface area contributed by atoms with E-state index in [1.54, 1.807) is 13.3 Å². The normalized spacial score (nSPS) is 11.2. The number of nitrogens with zero attached hydrogens (tertiary/aromatic N) is 1. The summed E-state index contributed by atoms with van der Waals surface area (Å²) in [6.45, 7) is 0. The Bertz CT molecular complexity index is 991. The maximum atomic E-state index is 6.05. The minimum atomic E-state index is 0.756. The molecule has 0 N–H and O–H groups in total. The van der Waals surface area contributed by atoms with Crippen LogP contribution in [0.5, 0.6) is 5.75 Å². The van der Waals surface area contributed by atoms with Crippen molar-refractivity contribution in [3.05, 3.63) is 59.2 Å². The summed E-state index contributed by atoms with van der Waals surface area (Å²) in [7, 11) is 1.65. The molecule has 0 spiro atoms. The molecule has 0 fully saturated rings. The van der Waals surface area contributed by atoms with Crippen LogP contribution in [0.3, 0.4) is 0 Å². The van der Waals surface area contributed by atoms with Crippen LogP contribution in [0.4, 0.5) is 0 Å². The first-order valence-corrected chi connectivity index (χ1v) is 7.68. The minimum Gasteiger partial charge on any atom is -0.494 e. The molecule has 2 heterocycles. The second kappa shape index (κ2) is 5.14. The van der Waals surface area contributed by atoms with Crippen LogP contribution in [-0.2, 0) is 0 Å². The lowest BCUT2D eigenvalue weighted by atomic mass is 10.1. The second-order valence-electron chi connectivity index (χ2n) is 4.96. The van der Waals surface area contributed by atoms with Crippen molar-refractivity contribution in [2.24, 2.45) is 0 Å². The molecule has 0 radical (unpaired) electrons. The van der Waals surface area contributed by atoms with E-state index in [9.17, 15) is 0 Å². The van der Waals surface area contributed by atoms with Crippen LogP contribution < -0.4 is 4.74 Å². The molecule has 0 atom stereocenters. The number of benzene rings is 2. The third-order valence-electron chi connectivity index (χ3n) is 3.73. The molecule has 22 heavy (non-hydrogen) atoms. The molecular weight excluding hydrogens is 342 g/mol. The van der Waals surface area contributed by atoms with Gasteiger partial charge in [-0.3, -0.25) is 4.98 Å². The van der Waals surface area contributed by atoms with Gasteiger partial charge in [0.1, 0.15) is 22.6 Å². The van der Waals surface area contributed by atoms with Crippen LogP contribution in [0.2, 0.25) is 0 Å². The highest BCUT2D eigenvalue weighted by Crippen LogP contribution is 2.41. The number of pyridine rings is 1. The van der Waals surface area contributed by atoms with Gasteiger partial charge in [-0.25, -0.2) is 0 Å². The molecule has 0 amide bonds. The zero-order chi connectivity index (χ0) is 15.1. The van der Waals surface area contributed by atoms with E-state index in [1.807, 2.05) is 48.5 Å². The van der Waals surface area contributed by atoms with E-state index in [4.69, 9.17) is 9.15 Å². The number of hydrogen-bond acceptors (Lipinski definition) is 3. The molecule has 0 saturated heterocycles. The zero-order valence-corrected chi connectivity index (χ0v) is 13.4. The number of rotatable bonds is 2. The predicted molar refractivity (Wildman–Crippen MR) is 91.2 cm³/mol. The number of ether oxygens (including phenoxy) is 1. The summed E-state index contributed by atoms with van der Waals surface area (Å²) in [5.74, 6) is 1.56. The third-order valence-corrected chi connectivity index (χ3v) is 4.52. The van der Waals surface area contributed by atoms with E-state index in [2.05, 4.69) is 20.9 Å². The quantitative estimate of drug-likeness (QED) is 0.482. The number of para-hydroxylation sites is 1. The Labute approximate surface area is 135 Å². The molecule has 0 unspecified atom stereocenters. The van der Waals surface area contributed by atoms with Crippen LogP contribution in [-0.4, -0.2) is 12.1 Å². The largest absolute Gasteiger partial charge is 0.494 e. The molecule has 2 aromatic heterocycles. The van der Waals surface area contributed by atoms with Gasteiger partial charge >= 0.3 is 0 Å². The monoisotopic (exact) mass is 353 g/mol. The second-order valence-corrected chi connectivity index (χ2v) is 5.75. The van der Waals surface area contributed by atoms with Crippen molar-refractivity contribution >= 4 is 37.8 Å². The molecule has 0 aliphatic rings. The number of methoxy groups -OCH3 is 1. The molecule has 0 aliphatic heterocycles. The van der Waals surface area contributed by atoms with Gasteiger partial charge in [0.25, 0.3) is 0 Å². The summed E-state index contributed by atoms with van der Waals surface area (Å²) in [6.07, 6.45) is 1.77. The standard InChI is InChI=1S/C18H12BrNO2/c1-21-15-9-8-12(11-6-4-10-20-17(11)15)18-16(19)13-5-2-3-7-14(13)22-18/h2-10H,1H3. The fourth-order valence-corrected chi connectivity index (χ4v) is 3.32. The van der Waals surface area contributed by atoms with E-state index in [1.165, 1.54) is 0 Å². The molecule has 0 saturated carbocycles. The first-order valence-electron chi connectivity index (χ1n) is 6.88. The Morgan fingerprint density at radius 3 is 2.64 bits per heavy atom. The highest BCUT2D eigenvalue weighted by Gasteiger charge is 2.17. The molecule has 4 heteroatoms. The lowest BCUT2D eigenvalue weighted by molar-refractivity contribution is 0.419. The minimum absolute atomic E-state index is 0.756. The molecular formula is C18H12BrNO2. The average molecular weight is 354 g/mol. The molecule has 2 aromatic carbocycles. The maximum Gasteiger partial charge on any atom is 0.150 e. The molecule has 108 valence electrons. The number of furan rings is 1. The van der Waals surface area contributed by atoms with Crippen LogP contribution in [0.1, 0.15) is 0 Å². The van der Waals surface area contributed by atoms with Crippen molar-refractivity contribution in [1.82, 2.24) is 4.98 Å². The average Bonchev–Trinajstić information content (AvgIpc) is 2.91. The van der Waals surface area contributed by atoms with Crippen molar-refractivity contribution < 1.29 is 9.15 Å². The van der Waals surface area contributed by atoms with Crippen molar-refractivity contribution in [2.75, 3.05) is 7.11 Å². The lowest BCUT2D eigenvalue weighted by Crippen LogP contribution is -1.89. The Morgan fingerprint density at radius 1 is 1.00 bits per heavy atom. The summed E-state index contributed by atoms with van der Waals surface area (Å²) >= 11 is 3.66. The van der Waals surface area contributed by atoms with Crippen molar-refractivity contribution in [1.29, 1.82) is 0 Å². The van der Waals surface area contributed by atoms with E-state index in [-0.39, 0.29) is 0 Å². The van der Waals surface area contributed by atoms with E-state index < -0.39 is 0 Å². The number of hydrogen-bond donors (Lipinski definition) is 0. The predicted octanol–water partition coefficient (Wildman–Crippen LogP) is 5.42. The molecule has 3 nitrogen and oxygen atoms in total. The van der Waals surface area contributed by atoms with Crippen molar-refractivity contribution in [3.63, 3.8) is 0 Å². The van der Waals surface area contributed by atoms with E-state index in [0.29, 0.717) is 0 Å². The third kappa shape index (κ3) is 1.91. The van der Waals surface area contributed by atoms with Gasteiger partial charge in [0.2, 0.25) is 0 Å². The van der Waals surface area contributed by atoms with E-state index in [0.717, 1.165) is 43.4 Å². The Hall–Kier alpha value is -2.33. The highest BCUT2D eigenvalue weighted by molar-refractivity contribution is 9.10. The fourth-order valence-electron chi connectivity index (χ4n) is 2.70. The van der Waals surface area contributed by atoms with Gasteiger partial charge in [-0.05, 0) is 46.3 Å². The van der Waals surface area contributed by atoms with Gasteiger partial charge in [0.15, 0.2) is 0 Å². The zero-order valence-electron chi connectivity index (χ0n) is 11.8. The van der Waals surface area contributed by atoms with Gasteiger partial charge in [0, 0.05) is 22.5 Å². The summed E-state index contributed by atoms with van der Waals surface area (Å²) in [4.78, 5) is 4.44. The molecule has 0 aliphatic carbocycles. The molecule has 0 bridgehead atoms. The first-order chi connectivity index (χ1) is 10.8. The smallest absolute Gasteiger partial charge is 0.150 e. The maximum absolute atomic E-state index is 6.05. The highest BCUT2D eigenvalue weighted by atomic mass is 79.9. The van der Waals surface area contributed by atoms with Gasteiger partial charge in [0.05, 0.1) is 11.6 Å². The fraction of sp³-hybridized carbons (Fsp3) is 0.0556. The Kier molecular flexibility index (Phi) is 3.12. The van der Waals surface area contributed by atoms with Crippen LogP contribution in [0.25, 0.3) is 33.2 Å².